The van der Waals surface area contributed by atoms with Crippen LogP contribution in [0.3, 0.4) is 0 Å². The second kappa shape index (κ2) is 10.1. The number of aromatic amines is 1. The molecule has 0 amide bonds. The molecule has 0 aliphatic heterocycles. The van der Waals surface area contributed by atoms with Crippen LogP contribution in [0.25, 0.3) is 17.0 Å². The van der Waals surface area contributed by atoms with Gasteiger partial charge in [0.1, 0.15) is 12.4 Å². The summed E-state index contributed by atoms with van der Waals surface area (Å²) in [6, 6.07) is 10.9. The van der Waals surface area contributed by atoms with Crippen molar-refractivity contribution in [2.24, 2.45) is 0 Å². The maximum atomic E-state index is 12.5. The Labute approximate surface area is 190 Å². The molecule has 0 saturated carbocycles. The Morgan fingerprint density at radius 2 is 1.84 bits per heavy atom. The second-order valence-corrected chi connectivity index (χ2v) is 9.15. The molecule has 0 aliphatic rings. The molecule has 2 aromatic carbocycles. The number of benzene rings is 2. The number of rotatable bonds is 8. The molecule has 0 bridgehead atoms. The number of nitrogens with one attached hydrogen (secondary N) is 1. The number of fused-ring (bicyclic) bond motifs is 1. The predicted octanol–water partition coefficient (Wildman–Crippen LogP) is 3.36. The first kappa shape index (κ1) is 23.6. The maximum absolute atomic E-state index is 12.5. The summed E-state index contributed by atoms with van der Waals surface area (Å²) < 4.78 is 31.5. The summed E-state index contributed by atoms with van der Waals surface area (Å²) in [5.41, 5.74) is 0.683. The number of hydrogen-bond donors (Lipinski definition) is 1. The standard InChI is InChI=1S/C22H22ClN3O5S/c1-3-26(4-2)32(29,30)17-9-5-15(6-10-17)7-12-21(27)31-14-20-24-19-13-16(23)8-11-18(19)22(28)25-20/h5-13H,3-4,14H2,1-2H3,(H,24,25,28)/b12-7+. The number of carbonyl (C=O) groups excluding carboxylic acids is 1. The van der Waals surface area contributed by atoms with Crippen molar-refractivity contribution >= 4 is 44.6 Å². The molecule has 10 heteroatoms. The van der Waals surface area contributed by atoms with Crippen LogP contribution >= 0.6 is 11.6 Å². The van der Waals surface area contributed by atoms with Crippen LogP contribution in [0.1, 0.15) is 25.2 Å². The lowest BCUT2D eigenvalue weighted by Gasteiger charge is -2.18. The van der Waals surface area contributed by atoms with Gasteiger partial charge in [-0.05, 0) is 42.0 Å². The molecule has 1 N–H and O–H groups in total. The van der Waals surface area contributed by atoms with Crippen LogP contribution in [0.15, 0.2) is 58.2 Å². The minimum Gasteiger partial charge on any atom is -0.454 e. The molecule has 0 fully saturated rings. The van der Waals surface area contributed by atoms with Crippen LogP contribution in [-0.2, 0) is 26.2 Å². The van der Waals surface area contributed by atoms with Crippen LogP contribution in [0, 0.1) is 0 Å². The van der Waals surface area contributed by atoms with E-state index in [2.05, 4.69) is 9.97 Å². The van der Waals surface area contributed by atoms with Gasteiger partial charge in [0.25, 0.3) is 5.56 Å². The number of halogens is 1. The van der Waals surface area contributed by atoms with Crippen molar-refractivity contribution in [3.63, 3.8) is 0 Å². The summed E-state index contributed by atoms with van der Waals surface area (Å²) in [5, 5.41) is 0.827. The van der Waals surface area contributed by atoms with E-state index in [9.17, 15) is 18.0 Å². The van der Waals surface area contributed by atoms with Gasteiger partial charge in [0.15, 0.2) is 0 Å². The van der Waals surface area contributed by atoms with E-state index in [4.69, 9.17) is 16.3 Å². The molecule has 0 atom stereocenters. The third-order valence-electron chi connectivity index (χ3n) is 4.70. The van der Waals surface area contributed by atoms with E-state index in [0.717, 1.165) is 0 Å². The van der Waals surface area contributed by atoms with Gasteiger partial charge in [0, 0.05) is 24.2 Å². The highest BCUT2D eigenvalue weighted by molar-refractivity contribution is 7.89. The van der Waals surface area contributed by atoms with Gasteiger partial charge in [-0.1, -0.05) is 37.6 Å². The Bertz CT molecular complexity index is 1310. The average molecular weight is 476 g/mol. The van der Waals surface area contributed by atoms with Crippen molar-refractivity contribution in [3.05, 3.63) is 75.3 Å². The fourth-order valence-corrected chi connectivity index (χ4v) is 4.67. The number of sulfonamides is 1. The Balaban J connectivity index is 1.65. The van der Waals surface area contributed by atoms with Gasteiger partial charge in [0.2, 0.25) is 10.0 Å². The third-order valence-corrected chi connectivity index (χ3v) is 7.00. The van der Waals surface area contributed by atoms with Crippen molar-refractivity contribution < 1.29 is 17.9 Å². The summed E-state index contributed by atoms with van der Waals surface area (Å²) in [5.74, 6) is -0.448. The highest BCUT2D eigenvalue weighted by atomic mass is 35.5. The van der Waals surface area contributed by atoms with E-state index in [1.165, 1.54) is 28.6 Å². The van der Waals surface area contributed by atoms with Crippen LogP contribution < -0.4 is 5.56 Å². The minimum atomic E-state index is -3.54. The van der Waals surface area contributed by atoms with Crippen molar-refractivity contribution in [1.82, 2.24) is 14.3 Å². The topological polar surface area (TPSA) is 109 Å². The SMILES string of the molecule is CCN(CC)S(=O)(=O)c1ccc(/C=C/C(=O)OCc2nc3cc(Cl)ccc3c(=O)[nH]2)cc1. The first-order chi connectivity index (χ1) is 15.2. The fourth-order valence-electron chi connectivity index (χ4n) is 3.04. The van der Waals surface area contributed by atoms with E-state index in [1.54, 1.807) is 44.2 Å². The second-order valence-electron chi connectivity index (χ2n) is 6.77. The monoisotopic (exact) mass is 475 g/mol. The van der Waals surface area contributed by atoms with Crippen LogP contribution in [0.4, 0.5) is 0 Å². The van der Waals surface area contributed by atoms with Gasteiger partial charge in [-0.3, -0.25) is 4.79 Å². The predicted molar refractivity (Wildman–Crippen MR) is 123 cm³/mol. The molecule has 1 aromatic heterocycles. The van der Waals surface area contributed by atoms with Gasteiger partial charge < -0.3 is 9.72 Å². The summed E-state index contributed by atoms with van der Waals surface area (Å²) in [4.78, 5) is 31.1. The van der Waals surface area contributed by atoms with Crippen molar-refractivity contribution in [2.45, 2.75) is 25.3 Å². The van der Waals surface area contributed by atoms with Crippen LogP contribution in [0.5, 0.6) is 0 Å². The molecule has 0 spiro atoms. The molecule has 168 valence electrons. The summed E-state index contributed by atoms with van der Waals surface area (Å²) in [6.45, 7) is 4.11. The third kappa shape index (κ3) is 5.42. The minimum absolute atomic E-state index is 0.187. The first-order valence-electron chi connectivity index (χ1n) is 9.88. The largest absolute Gasteiger partial charge is 0.454 e. The molecule has 0 saturated heterocycles. The Hall–Kier alpha value is -3.01. The Morgan fingerprint density at radius 1 is 1.16 bits per heavy atom. The molecule has 1 heterocycles. The quantitative estimate of drug-likeness (QED) is 0.395. The lowest BCUT2D eigenvalue weighted by molar-refractivity contribution is -0.139. The number of ether oxygens (including phenoxy) is 1. The number of esters is 1. The van der Waals surface area contributed by atoms with Crippen LogP contribution in [0.2, 0.25) is 5.02 Å². The lowest BCUT2D eigenvalue weighted by Crippen LogP contribution is -2.30. The summed E-state index contributed by atoms with van der Waals surface area (Å²) in [7, 11) is -3.54. The highest BCUT2D eigenvalue weighted by Gasteiger charge is 2.20. The number of carbonyl (C=O) groups is 1. The molecular formula is C22H22ClN3O5S. The molecule has 0 unspecified atom stereocenters. The van der Waals surface area contributed by atoms with Gasteiger partial charge in [-0.15, -0.1) is 0 Å². The van der Waals surface area contributed by atoms with Crippen molar-refractivity contribution in [2.75, 3.05) is 13.1 Å². The van der Waals surface area contributed by atoms with E-state index in [0.29, 0.717) is 34.6 Å². The van der Waals surface area contributed by atoms with E-state index >= 15 is 0 Å². The van der Waals surface area contributed by atoms with E-state index in [1.807, 2.05) is 0 Å². The van der Waals surface area contributed by atoms with E-state index in [-0.39, 0.29) is 22.9 Å². The van der Waals surface area contributed by atoms with Crippen LogP contribution in [-0.4, -0.2) is 41.7 Å². The van der Waals surface area contributed by atoms with Gasteiger partial charge in [-0.2, -0.15) is 4.31 Å². The lowest BCUT2D eigenvalue weighted by atomic mass is 10.2. The number of aromatic nitrogens is 2. The summed E-state index contributed by atoms with van der Waals surface area (Å²) in [6.07, 6.45) is 2.72. The Kier molecular flexibility index (Phi) is 7.44. The molecule has 3 rings (SSSR count). The smallest absolute Gasteiger partial charge is 0.331 e. The number of hydrogen-bond acceptors (Lipinski definition) is 6. The van der Waals surface area contributed by atoms with Crippen molar-refractivity contribution in [3.8, 4) is 0 Å². The number of H-pyrrole nitrogens is 1. The molecular weight excluding hydrogens is 454 g/mol. The average Bonchev–Trinajstić information content (AvgIpc) is 2.77. The fraction of sp³-hybridized carbons (Fsp3) is 0.227. The van der Waals surface area contributed by atoms with Gasteiger partial charge in [-0.25, -0.2) is 18.2 Å². The van der Waals surface area contributed by atoms with Crippen molar-refractivity contribution in [1.29, 1.82) is 0 Å². The Morgan fingerprint density at radius 3 is 2.50 bits per heavy atom. The van der Waals surface area contributed by atoms with Gasteiger partial charge >= 0.3 is 5.97 Å². The summed E-state index contributed by atoms with van der Waals surface area (Å²) >= 11 is 5.93. The maximum Gasteiger partial charge on any atom is 0.331 e. The zero-order chi connectivity index (χ0) is 23.3. The molecule has 32 heavy (non-hydrogen) atoms. The zero-order valence-corrected chi connectivity index (χ0v) is 19.1. The molecule has 3 aromatic rings. The zero-order valence-electron chi connectivity index (χ0n) is 17.5. The molecule has 0 aliphatic carbocycles. The highest BCUT2D eigenvalue weighted by Crippen LogP contribution is 2.17. The molecule has 8 nitrogen and oxygen atoms in total. The first-order valence-corrected chi connectivity index (χ1v) is 11.7. The van der Waals surface area contributed by atoms with E-state index < -0.39 is 16.0 Å². The normalized spacial score (nSPS) is 12.0. The van der Waals surface area contributed by atoms with Gasteiger partial charge in [0.05, 0.1) is 15.8 Å². The number of nitrogens with zero attached hydrogens (tertiary/aromatic N) is 2. The molecule has 0 radical (unpaired) electrons.